The summed E-state index contributed by atoms with van der Waals surface area (Å²) >= 11 is 6.50. The van der Waals surface area contributed by atoms with E-state index >= 15 is 0 Å². The van der Waals surface area contributed by atoms with Crippen LogP contribution in [0.4, 0.5) is 0 Å². The van der Waals surface area contributed by atoms with Gasteiger partial charge in [0.2, 0.25) is 6.29 Å². The molecule has 0 bridgehead atoms. The Kier molecular flexibility index (Phi) is 9.25. The van der Waals surface area contributed by atoms with Gasteiger partial charge in [0.05, 0.1) is 5.41 Å². The van der Waals surface area contributed by atoms with E-state index < -0.39 is 6.29 Å². The summed E-state index contributed by atoms with van der Waals surface area (Å²) in [6.07, 6.45) is 1.55. The van der Waals surface area contributed by atoms with Crippen molar-refractivity contribution in [2.45, 2.75) is 78.9 Å². The molecule has 2 aromatic carbocycles. The van der Waals surface area contributed by atoms with E-state index in [4.69, 9.17) is 21.1 Å². The summed E-state index contributed by atoms with van der Waals surface area (Å²) in [4.78, 5) is 0. The van der Waals surface area contributed by atoms with E-state index in [1.165, 1.54) is 22.3 Å². The largest absolute Gasteiger partial charge is 0.464 e. The second-order valence-electron chi connectivity index (χ2n) is 9.25. The van der Waals surface area contributed by atoms with Crippen LogP contribution in [-0.2, 0) is 16.0 Å². The quantitative estimate of drug-likeness (QED) is 0.267. The topological polar surface area (TPSA) is 18.5 Å². The van der Waals surface area contributed by atoms with Crippen LogP contribution in [0.2, 0.25) is 0 Å². The summed E-state index contributed by atoms with van der Waals surface area (Å²) in [5, 5.41) is 0. The van der Waals surface area contributed by atoms with Crippen molar-refractivity contribution in [2.75, 3.05) is 6.61 Å². The Morgan fingerprint density at radius 3 is 2.00 bits per heavy atom. The molecular formula is C27H39ClO2. The summed E-state index contributed by atoms with van der Waals surface area (Å²) in [7, 11) is 0. The van der Waals surface area contributed by atoms with Crippen LogP contribution < -0.4 is 4.74 Å². The van der Waals surface area contributed by atoms with Gasteiger partial charge in [0.15, 0.2) is 0 Å². The lowest BCUT2D eigenvalue weighted by atomic mass is 9.66. The zero-order chi connectivity index (χ0) is 22.3. The number of hydrogen-bond acceptors (Lipinski definition) is 2. The van der Waals surface area contributed by atoms with E-state index in [9.17, 15) is 0 Å². The van der Waals surface area contributed by atoms with Gasteiger partial charge in [0, 0.05) is 12.5 Å². The van der Waals surface area contributed by atoms with Gasteiger partial charge in [-0.3, -0.25) is 0 Å². The molecule has 0 amide bonds. The van der Waals surface area contributed by atoms with Gasteiger partial charge in [-0.1, -0.05) is 58.0 Å². The molecule has 30 heavy (non-hydrogen) atoms. The van der Waals surface area contributed by atoms with E-state index in [1.807, 2.05) is 37.3 Å². The van der Waals surface area contributed by atoms with E-state index in [0.717, 1.165) is 18.6 Å². The third-order valence-electron chi connectivity index (χ3n) is 5.76. The fourth-order valence-electron chi connectivity index (χ4n) is 4.81. The Hall–Kier alpha value is -1.51. The Morgan fingerprint density at radius 1 is 0.900 bits per heavy atom. The average Bonchev–Trinajstić information content (AvgIpc) is 2.69. The lowest BCUT2D eigenvalue weighted by Gasteiger charge is -2.45. The predicted molar refractivity (Wildman–Crippen MR) is 129 cm³/mol. The maximum absolute atomic E-state index is 6.61. The van der Waals surface area contributed by atoms with Gasteiger partial charge in [-0.2, -0.15) is 0 Å². The van der Waals surface area contributed by atoms with Crippen LogP contribution in [0.25, 0.3) is 0 Å². The van der Waals surface area contributed by atoms with Crippen molar-refractivity contribution in [1.82, 2.24) is 0 Å². The predicted octanol–water partition coefficient (Wildman–Crippen LogP) is 7.81. The molecule has 0 aromatic heterocycles. The highest BCUT2D eigenvalue weighted by Gasteiger charge is 2.46. The molecular weight excluding hydrogens is 392 g/mol. The van der Waals surface area contributed by atoms with E-state index in [2.05, 4.69) is 53.7 Å². The van der Waals surface area contributed by atoms with Crippen LogP contribution in [-0.4, -0.2) is 12.9 Å². The van der Waals surface area contributed by atoms with Crippen molar-refractivity contribution in [3.63, 3.8) is 0 Å². The fourth-order valence-corrected chi connectivity index (χ4v) is 5.03. The van der Waals surface area contributed by atoms with Crippen molar-refractivity contribution < 1.29 is 9.47 Å². The highest BCUT2D eigenvalue weighted by atomic mass is 35.5. The number of rotatable bonds is 11. The highest BCUT2D eigenvalue weighted by molar-refractivity contribution is 6.17. The van der Waals surface area contributed by atoms with Gasteiger partial charge in [-0.25, -0.2) is 0 Å². The number of alkyl halides is 1. The first-order valence-electron chi connectivity index (χ1n) is 11.2. The molecule has 2 nitrogen and oxygen atoms in total. The maximum atomic E-state index is 6.61. The molecule has 0 N–H and O–H groups in total. The number of halogens is 1. The van der Waals surface area contributed by atoms with Gasteiger partial charge in [-0.05, 0) is 79.8 Å². The molecule has 0 aliphatic rings. The molecule has 2 aromatic rings. The van der Waals surface area contributed by atoms with Crippen molar-refractivity contribution in [3.8, 4) is 5.75 Å². The average molecular weight is 431 g/mol. The van der Waals surface area contributed by atoms with Crippen LogP contribution in [0.3, 0.4) is 0 Å². The second kappa shape index (κ2) is 11.2. The standard InChI is InChI=1S/C27H39ClO2/c1-8-29-26(30-24-12-10-9-11-13-24)27(16-19(2)3,17-20(4)5)25-22(7)21(6)14-15-23(25)18-28/h9-15,19-20,26H,8,16-18H2,1-7H3. The summed E-state index contributed by atoms with van der Waals surface area (Å²) < 4.78 is 13.0. The minimum Gasteiger partial charge on any atom is -0.464 e. The van der Waals surface area contributed by atoms with Crippen molar-refractivity contribution in [2.24, 2.45) is 11.8 Å². The Labute approximate surface area is 188 Å². The van der Waals surface area contributed by atoms with Crippen LogP contribution in [0, 0.1) is 25.7 Å². The Morgan fingerprint density at radius 2 is 1.50 bits per heavy atom. The van der Waals surface area contributed by atoms with Crippen molar-refractivity contribution in [1.29, 1.82) is 0 Å². The molecule has 0 aliphatic carbocycles. The molecule has 1 unspecified atom stereocenters. The number of hydrogen-bond donors (Lipinski definition) is 0. The molecule has 166 valence electrons. The third kappa shape index (κ3) is 5.80. The van der Waals surface area contributed by atoms with E-state index in [0.29, 0.717) is 24.3 Å². The summed E-state index contributed by atoms with van der Waals surface area (Å²) in [5.74, 6) is 2.28. The minimum atomic E-state index is -0.392. The third-order valence-corrected chi connectivity index (χ3v) is 6.05. The minimum absolute atomic E-state index is 0.297. The molecule has 0 heterocycles. The number of ether oxygens (including phenoxy) is 2. The van der Waals surface area contributed by atoms with Crippen LogP contribution in [0.5, 0.6) is 5.75 Å². The SMILES string of the molecule is CCOC(Oc1ccccc1)C(CC(C)C)(CC(C)C)c1c(CCl)ccc(C)c1C. The molecule has 0 saturated carbocycles. The van der Waals surface area contributed by atoms with Gasteiger partial charge >= 0.3 is 0 Å². The smallest absolute Gasteiger partial charge is 0.209 e. The maximum Gasteiger partial charge on any atom is 0.209 e. The molecule has 2 rings (SSSR count). The molecule has 0 fully saturated rings. The molecule has 0 aliphatic heterocycles. The summed E-state index contributed by atoms with van der Waals surface area (Å²) in [6.45, 7) is 16.2. The zero-order valence-corrected chi connectivity index (χ0v) is 20.6. The monoisotopic (exact) mass is 430 g/mol. The van der Waals surface area contributed by atoms with E-state index in [-0.39, 0.29) is 5.41 Å². The Balaban J connectivity index is 2.77. The number of benzene rings is 2. The normalized spacial score (nSPS) is 13.1. The first-order chi connectivity index (χ1) is 14.2. The molecule has 0 saturated heterocycles. The van der Waals surface area contributed by atoms with Gasteiger partial charge in [-0.15, -0.1) is 11.6 Å². The van der Waals surface area contributed by atoms with Gasteiger partial charge < -0.3 is 9.47 Å². The lowest BCUT2D eigenvalue weighted by Crippen LogP contribution is -2.48. The molecule has 3 heteroatoms. The zero-order valence-electron chi connectivity index (χ0n) is 19.8. The summed E-state index contributed by atoms with van der Waals surface area (Å²) in [5.41, 5.74) is 4.78. The van der Waals surface area contributed by atoms with Crippen LogP contribution in [0.15, 0.2) is 42.5 Å². The van der Waals surface area contributed by atoms with Gasteiger partial charge in [0.1, 0.15) is 5.75 Å². The second-order valence-corrected chi connectivity index (χ2v) is 9.51. The first-order valence-corrected chi connectivity index (χ1v) is 11.8. The highest BCUT2D eigenvalue weighted by Crippen LogP contribution is 2.46. The molecule has 1 atom stereocenters. The first kappa shape index (κ1) is 24.8. The lowest BCUT2D eigenvalue weighted by molar-refractivity contribution is -0.136. The van der Waals surface area contributed by atoms with Gasteiger partial charge in [0.25, 0.3) is 0 Å². The van der Waals surface area contributed by atoms with Crippen LogP contribution in [0.1, 0.15) is 69.7 Å². The van der Waals surface area contributed by atoms with E-state index in [1.54, 1.807) is 0 Å². The van der Waals surface area contributed by atoms with Crippen molar-refractivity contribution >= 4 is 11.6 Å². The fraction of sp³-hybridized carbons (Fsp3) is 0.556. The Bertz CT molecular complexity index is 773. The molecule has 0 radical (unpaired) electrons. The van der Waals surface area contributed by atoms with Crippen LogP contribution >= 0.6 is 11.6 Å². The summed E-state index contributed by atoms with van der Waals surface area (Å²) in [6, 6.07) is 14.4. The molecule has 0 spiro atoms. The number of aryl methyl sites for hydroxylation is 1. The van der Waals surface area contributed by atoms with Crippen molar-refractivity contribution in [3.05, 3.63) is 64.7 Å². The number of para-hydroxylation sites is 1.